The van der Waals surface area contributed by atoms with Crippen LogP contribution in [0, 0.1) is 0 Å². The first kappa shape index (κ1) is 13.9. The van der Waals surface area contributed by atoms with E-state index in [1.54, 1.807) is 4.90 Å². The number of piperidine rings is 1. The first-order valence-corrected chi connectivity index (χ1v) is 6.86. The summed E-state index contributed by atoms with van der Waals surface area (Å²) in [6.07, 6.45) is 2.20. The van der Waals surface area contributed by atoms with Gasteiger partial charge in [-0.15, -0.1) is 0 Å². The van der Waals surface area contributed by atoms with Gasteiger partial charge in [0.05, 0.1) is 6.10 Å². The topological polar surface area (TPSA) is 49.8 Å². The Morgan fingerprint density at radius 2 is 2.37 bits per heavy atom. The molecule has 0 aromatic heterocycles. The van der Waals surface area contributed by atoms with E-state index in [2.05, 4.69) is 6.92 Å². The lowest BCUT2D eigenvalue weighted by Crippen LogP contribution is -2.44. The SMILES string of the molecule is CCc1cccc(OCC(=O)N2CCCC(O)C2)c1. The van der Waals surface area contributed by atoms with Crippen molar-refractivity contribution < 1.29 is 14.6 Å². The minimum absolute atomic E-state index is 0.0416. The van der Waals surface area contributed by atoms with Crippen molar-refractivity contribution in [2.24, 2.45) is 0 Å². The Morgan fingerprint density at radius 1 is 1.53 bits per heavy atom. The second-order valence-electron chi connectivity index (χ2n) is 4.93. The Kier molecular flexibility index (Phi) is 4.80. The molecule has 0 saturated carbocycles. The quantitative estimate of drug-likeness (QED) is 0.898. The largest absolute Gasteiger partial charge is 0.484 e. The fraction of sp³-hybridized carbons (Fsp3) is 0.533. The molecule has 4 nitrogen and oxygen atoms in total. The van der Waals surface area contributed by atoms with Crippen molar-refractivity contribution in [3.63, 3.8) is 0 Å². The number of rotatable bonds is 4. The number of ether oxygens (including phenoxy) is 1. The molecule has 1 aromatic rings. The molecule has 1 aliphatic heterocycles. The number of carbonyl (C=O) groups excluding carboxylic acids is 1. The highest BCUT2D eigenvalue weighted by Gasteiger charge is 2.22. The van der Waals surface area contributed by atoms with Crippen molar-refractivity contribution in [1.29, 1.82) is 0 Å². The molecule has 1 fully saturated rings. The van der Waals surface area contributed by atoms with E-state index in [0.29, 0.717) is 13.1 Å². The molecule has 0 radical (unpaired) electrons. The van der Waals surface area contributed by atoms with E-state index in [1.807, 2.05) is 24.3 Å². The molecule has 1 saturated heterocycles. The maximum atomic E-state index is 12.0. The second kappa shape index (κ2) is 6.57. The van der Waals surface area contributed by atoms with Crippen LogP contribution in [0.2, 0.25) is 0 Å². The lowest BCUT2D eigenvalue weighted by atomic mass is 10.1. The molecular weight excluding hydrogens is 242 g/mol. The highest BCUT2D eigenvalue weighted by Crippen LogP contribution is 2.15. The summed E-state index contributed by atoms with van der Waals surface area (Å²) in [4.78, 5) is 13.6. The van der Waals surface area contributed by atoms with E-state index < -0.39 is 0 Å². The van der Waals surface area contributed by atoms with Crippen LogP contribution in [0.3, 0.4) is 0 Å². The zero-order valence-corrected chi connectivity index (χ0v) is 11.3. The van der Waals surface area contributed by atoms with E-state index in [9.17, 15) is 9.90 Å². The number of likely N-dealkylation sites (tertiary alicyclic amines) is 1. The number of aliphatic hydroxyl groups excluding tert-OH is 1. The third-order valence-corrected chi connectivity index (χ3v) is 3.42. The van der Waals surface area contributed by atoms with Gasteiger partial charge in [0.2, 0.25) is 0 Å². The van der Waals surface area contributed by atoms with Gasteiger partial charge in [-0.2, -0.15) is 0 Å². The summed E-state index contributed by atoms with van der Waals surface area (Å²) in [6, 6.07) is 7.79. The molecule has 19 heavy (non-hydrogen) atoms. The number of β-amino-alcohol motifs (C(OH)–C–C–N with tert-alkyl or cyclic N) is 1. The standard InChI is InChI=1S/C15H21NO3/c1-2-12-5-3-7-14(9-12)19-11-15(18)16-8-4-6-13(17)10-16/h3,5,7,9,13,17H,2,4,6,8,10-11H2,1H3. The lowest BCUT2D eigenvalue weighted by molar-refractivity contribution is -0.136. The number of carbonyl (C=O) groups is 1. The number of aliphatic hydroxyl groups is 1. The summed E-state index contributed by atoms with van der Waals surface area (Å²) in [7, 11) is 0. The molecule has 1 aliphatic rings. The van der Waals surface area contributed by atoms with Crippen LogP contribution in [-0.2, 0) is 11.2 Å². The van der Waals surface area contributed by atoms with Crippen molar-refractivity contribution in [2.75, 3.05) is 19.7 Å². The van der Waals surface area contributed by atoms with Gasteiger partial charge < -0.3 is 14.7 Å². The van der Waals surface area contributed by atoms with Gasteiger partial charge in [-0.25, -0.2) is 0 Å². The van der Waals surface area contributed by atoms with Gasteiger partial charge in [-0.3, -0.25) is 4.79 Å². The van der Waals surface area contributed by atoms with Crippen molar-refractivity contribution in [3.8, 4) is 5.75 Å². The fourth-order valence-corrected chi connectivity index (χ4v) is 2.27. The van der Waals surface area contributed by atoms with Crippen LogP contribution < -0.4 is 4.74 Å². The molecule has 1 heterocycles. The Morgan fingerprint density at radius 3 is 3.11 bits per heavy atom. The van der Waals surface area contributed by atoms with Gasteiger partial charge in [-0.05, 0) is 37.0 Å². The molecule has 1 unspecified atom stereocenters. The highest BCUT2D eigenvalue weighted by molar-refractivity contribution is 5.77. The zero-order chi connectivity index (χ0) is 13.7. The number of amides is 1. The number of hydrogen-bond donors (Lipinski definition) is 1. The van der Waals surface area contributed by atoms with Gasteiger partial charge in [-0.1, -0.05) is 19.1 Å². The smallest absolute Gasteiger partial charge is 0.260 e. The summed E-state index contributed by atoms with van der Waals surface area (Å²) in [5.41, 5.74) is 1.19. The molecule has 1 N–H and O–H groups in total. The minimum Gasteiger partial charge on any atom is -0.484 e. The third-order valence-electron chi connectivity index (χ3n) is 3.42. The molecular formula is C15H21NO3. The summed E-state index contributed by atoms with van der Waals surface area (Å²) in [5.74, 6) is 0.672. The number of benzene rings is 1. The van der Waals surface area contributed by atoms with Crippen LogP contribution in [-0.4, -0.2) is 41.7 Å². The third kappa shape index (κ3) is 3.96. The molecule has 1 amide bonds. The lowest BCUT2D eigenvalue weighted by Gasteiger charge is -2.30. The summed E-state index contributed by atoms with van der Waals surface area (Å²) in [5, 5.41) is 9.55. The number of hydrogen-bond acceptors (Lipinski definition) is 3. The highest BCUT2D eigenvalue weighted by atomic mass is 16.5. The van der Waals surface area contributed by atoms with Crippen molar-refractivity contribution in [1.82, 2.24) is 4.90 Å². The van der Waals surface area contributed by atoms with Crippen molar-refractivity contribution >= 4 is 5.91 Å². The van der Waals surface area contributed by atoms with Crippen LogP contribution in [0.5, 0.6) is 5.75 Å². The van der Waals surface area contributed by atoms with Crippen LogP contribution in [0.15, 0.2) is 24.3 Å². The molecule has 4 heteroatoms. The molecule has 104 valence electrons. The van der Waals surface area contributed by atoms with E-state index >= 15 is 0 Å². The predicted octanol–water partition coefficient (Wildman–Crippen LogP) is 1.61. The van der Waals surface area contributed by atoms with Gasteiger partial charge in [0.1, 0.15) is 5.75 Å². The van der Waals surface area contributed by atoms with Gasteiger partial charge in [0, 0.05) is 13.1 Å². The average Bonchev–Trinajstić information content (AvgIpc) is 2.45. The normalized spacial score (nSPS) is 19.3. The van der Waals surface area contributed by atoms with E-state index in [0.717, 1.165) is 25.0 Å². The van der Waals surface area contributed by atoms with Crippen LogP contribution in [0.1, 0.15) is 25.3 Å². The molecule has 0 spiro atoms. The molecule has 2 rings (SSSR count). The first-order valence-electron chi connectivity index (χ1n) is 6.86. The molecule has 1 aromatic carbocycles. The summed E-state index contributed by atoms with van der Waals surface area (Å²) < 4.78 is 5.53. The van der Waals surface area contributed by atoms with Gasteiger partial charge in [0.25, 0.3) is 5.91 Å². The van der Waals surface area contributed by atoms with Crippen molar-refractivity contribution in [2.45, 2.75) is 32.3 Å². The maximum absolute atomic E-state index is 12.0. The molecule has 0 bridgehead atoms. The Balaban J connectivity index is 1.85. The number of aryl methyl sites for hydroxylation is 1. The molecule has 1 atom stereocenters. The molecule has 0 aliphatic carbocycles. The monoisotopic (exact) mass is 263 g/mol. The summed E-state index contributed by atoms with van der Waals surface area (Å²) >= 11 is 0. The van der Waals surface area contributed by atoms with E-state index in [-0.39, 0.29) is 18.6 Å². The van der Waals surface area contributed by atoms with Crippen LogP contribution in [0.4, 0.5) is 0 Å². The Hall–Kier alpha value is -1.55. The average molecular weight is 263 g/mol. The summed E-state index contributed by atoms with van der Waals surface area (Å²) in [6.45, 7) is 3.27. The Labute approximate surface area is 114 Å². The van der Waals surface area contributed by atoms with Crippen LogP contribution in [0.25, 0.3) is 0 Å². The second-order valence-corrected chi connectivity index (χ2v) is 4.93. The van der Waals surface area contributed by atoms with Crippen LogP contribution >= 0.6 is 0 Å². The van der Waals surface area contributed by atoms with Gasteiger partial charge >= 0.3 is 0 Å². The fourth-order valence-electron chi connectivity index (χ4n) is 2.27. The van der Waals surface area contributed by atoms with Gasteiger partial charge in [0.15, 0.2) is 6.61 Å². The minimum atomic E-state index is -0.388. The van der Waals surface area contributed by atoms with E-state index in [1.165, 1.54) is 5.56 Å². The predicted molar refractivity (Wildman–Crippen MR) is 73.1 cm³/mol. The van der Waals surface area contributed by atoms with Crippen molar-refractivity contribution in [3.05, 3.63) is 29.8 Å². The zero-order valence-electron chi connectivity index (χ0n) is 11.3. The maximum Gasteiger partial charge on any atom is 0.260 e. The van der Waals surface area contributed by atoms with E-state index in [4.69, 9.17) is 4.74 Å². The Bertz CT molecular complexity index is 433. The first-order chi connectivity index (χ1) is 9.19. The number of nitrogens with zero attached hydrogens (tertiary/aromatic N) is 1.